The van der Waals surface area contributed by atoms with E-state index in [4.69, 9.17) is 4.74 Å². The number of carbonyl (C=O) groups excluding carboxylic acids is 1. The lowest BCUT2D eigenvalue weighted by molar-refractivity contribution is -0.879. The van der Waals surface area contributed by atoms with E-state index in [9.17, 15) is 9.90 Å². The number of halogens is 1. The average molecular weight is 445 g/mol. The zero-order chi connectivity index (χ0) is 16.5. The first-order valence-corrected chi connectivity index (χ1v) is 8.73. The maximum atomic E-state index is 12.9. The molecule has 0 aromatic heterocycles. The van der Waals surface area contributed by atoms with Crippen molar-refractivity contribution in [3.63, 3.8) is 0 Å². The monoisotopic (exact) mass is 445 g/mol. The number of hydrogen-bond donors (Lipinski definition) is 1. The standard InChI is InChI=1S/C19H28NO3.HI/c1-20(2)13-12-17(14-20)23-18(21)19(22,16-10-6-7-11-16)15-8-4-3-5-9-15;/h3-5,8-9,16-17,22H,6-7,10-14H2,1-2H3;1H/q+1;/p-1/t17-,19-;/m1./s1. The first kappa shape index (κ1) is 19.7. The van der Waals surface area contributed by atoms with Crippen LogP contribution in [0.5, 0.6) is 0 Å². The molecular formula is C19H28INO3. The molecule has 0 spiro atoms. The Kier molecular flexibility index (Phi) is 6.31. The molecule has 24 heavy (non-hydrogen) atoms. The second kappa shape index (κ2) is 7.70. The number of benzene rings is 1. The van der Waals surface area contributed by atoms with Crippen molar-refractivity contribution in [3.8, 4) is 0 Å². The third-order valence-electron chi connectivity index (χ3n) is 5.50. The molecule has 1 saturated carbocycles. The summed E-state index contributed by atoms with van der Waals surface area (Å²) in [6.45, 7) is 1.83. The lowest BCUT2D eigenvalue weighted by Crippen LogP contribution is -3.00. The summed E-state index contributed by atoms with van der Waals surface area (Å²) in [5.74, 6) is -0.496. The molecule has 0 unspecified atom stereocenters. The van der Waals surface area contributed by atoms with Crippen molar-refractivity contribution in [1.82, 2.24) is 0 Å². The number of carbonyl (C=O) groups is 1. The van der Waals surface area contributed by atoms with Crippen LogP contribution in [0.1, 0.15) is 37.7 Å². The molecule has 0 amide bonds. The number of likely N-dealkylation sites (tertiary alicyclic amines) is 1. The van der Waals surface area contributed by atoms with Gasteiger partial charge in [-0.15, -0.1) is 0 Å². The van der Waals surface area contributed by atoms with Gasteiger partial charge in [-0.3, -0.25) is 0 Å². The van der Waals surface area contributed by atoms with Crippen molar-refractivity contribution < 1.29 is 43.1 Å². The van der Waals surface area contributed by atoms with Gasteiger partial charge in [0.2, 0.25) is 0 Å². The zero-order valence-corrected chi connectivity index (χ0v) is 16.7. The Balaban J connectivity index is 0.00000208. The SMILES string of the molecule is C[N+]1(C)CC[C@@H](OC(=O)[C@@](O)(c2ccccc2)C2CCCC2)C1.[I-]. The van der Waals surface area contributed by atoms with Crippen molar-refractivity contribution in [2.45, 2.75) is 43.8 Å². The largest absolute Gasteiger partial charge is 1.00 e. The molecule has 3 rings (SSSR count). The van der Waals surface area contributed by atoms with Crippen molar-refractivity contribution in [3.05, 3.63) is 35.9 Å². The lowest BCUT2D eigenvalue weighted by atomic mass is 9.80. The highest BCUT2D eigenvalue weighted by molar-refractivity contribution is 5.81. The minimum absolute atomic E-state index is 0. The van der Waals surface area contributed by atoms with Crippen LogP contribution in [0.4, 0.5) is 0 Å². The Hall–Kier alpha value is -0.660. The molecular weight excluding hydrogens is 417 g/mol. The summed E-state index contributed by atoms with van der Waals surface area (Å²) in [6, 6.07) is 9.33. The van der Waals surface area contributed by atoms with E-state index in [1.807, 2.05) is 30.3 Å². The Morgan fingerprint density at radius 1 is 1.17 bits per heavy atom. The number of nitrogens with zero attached hydrogens (tertiary/aromatic N) is 1. The Morgan fingerprint density at radius 2 is 1.79 bits per heavy atom. The summed E-state index contributed by atoms with van der Waals surface area (Å²) in [5.41, 5.74) is -0.832. The van der Waals surface area contributed by atoms with Crippen LogP contribution in [0.2, 0.25) is 0 Å². The number of quaternary nitrogens is 1. The number of hydrogen-bond acceptors (Lipinski definition) is 3. The smallest absolute Gasteiger partial charge is 0.343 e. The number of esters is 1. The fourth-order valence-corrected chi connectivity index (χ4v) is 4.12. The maximum Gasteiger partial charge on any atom is 0.343 e. The zero-order valence-electron chi connectivity index (χ0n) is 14.6. The molecule has 1 N–H and O–H groups in total. The van der Waals surface area contributed by atoms with Crippen LogP contribution >= 0.6 is 0 Å². The summed E-state index contributed by atoms with van der Waals surface area (Å²) in [5, 5.41) is 11.4. The highest BCUT2D eigenvalue weighted by Gasteiger charge is 2.49. The molecule has 1 aliphatic heterocycles. The first-order chi connectivity index (χ1) is 10.9. The van der Waals surface area contributed by atoms with Crippen LogP contribution in [0.3, 0.4) is 0 Å². The Bertz CT molecular complexity index is 557. The molecule has 1 heterocycles. The van der Waals surface area contributed by atoms with Gasteiger partial charge in [0, 0.05) is 12.3 Å². The minimum Gasteiger partial charge on any atom is -1.00 e. The van der Waals surface area contributed by atoms with E-state index in [1.165, 1.54) is 0 Å². The van der Waals surface area contributed by atoms with Crippen molar-refractivity contribution in [1.29, 1.82) is 0 Å². The molecule has 0 radical (unpaired) electrons. The van der Waals surface area contributed by atoms with Crippen molar-refractivity contribution in [2.75, 3.05) is 27.2 Å². The second-order valence-corrected chi connectivity index (χ2v) is 7.77. The third kappa shape index (κ3) is 3.94. The third-order valence-corrected chi connectivity index (χ3v) is 5.50. The first-order valence-electron chi connectivity index (χ1n) is 8.73. The van der Waals surface area contributed by atoms with Crippen LogP contribution < -0.4 is 24.0 Å². The molecule has 1 aliphatic carbocycles. The van der Waals surface area contributed by atoms with Gasteiger partial charge in [0.15, 0.2) is 11.7 Å². The highest BCUT2D eigenvalue weighted by Crippen LogP contribution is 2.42. The number of rotatable bonds is 4. The molecule has 1 aromatic rings. The Labute approximate surface area is 161 Å². The normalized spacial score (nSPS) is 25.7. The molecule has 1 saturated heterocycles. The van der Waals surface area contributed by atoms with E-state index >= 15 is 0 Å². The van der Waals surface area contributed by atoms with Gasteiger partial charge in [-0.1, -0.05) is 43.2 Å². The molecule has 2 atom stereocenters. The fraction of sp³-hybridized carbons (Fsp3) is 0.632. The van der Waals surface area contributed by atoms with Crippen LogP contribution in [0.25, 0.3) is 0 Å². The van der Waals surface area contributed by atoms with Crippen molar-refractivity contribution >= 4 is 5.97 Å². The van der Waals surface area contributed by atoms with Crippen LogP contribution in [0, 0.1) is 5.92 Å². The van der Waals surface area contributed by atoms with Gasteiger partial charge >= 0.3 is 5.97 Å². The molecule has 5 heteroatoms. The van der Waals surface area contributed by atoms with E-state index in [0.717, 1.165) is 49.7 Å². The van der Waals surface area contributed by atoms with E-state index in [-0.39, 0.29) is 36.0 Å². The summed E-state index contributed by atoms with van der Waals surface area (Å²) in [7, 11) is 4.29. The number of aliphatic hydroxyl groups is 1. The minimum atomic E-state index is -1.50. The van der Waals surface area contributed by atoms with Gasteiger partial charge in [0.1, 0.15) is 6.54 Å². The number of likely N-dealkylation sites (N-methyl/N-ethyl adjacent to an activating group) is 1. The van der Waals surface area contributed by atoms with Gasteiger partial charge in [0.05, 0.1) is 20.6 Å². The predicted molar refractivity (Wildman–Crippen MR) is 88.6 cm³/mol. The highest BCUT2D eigenvalue weighted by atomic mass is 127. The summed E-state index contributed by atoms with van der Waals surface area (Å²) < 4.78 is 6.64. The maximum absolute atomic E-state index is 12.9. The summed E-state index contributed by atoms with van der Waals surface area (Å²) in [6.07, 6.45) is 4.68. The van der Waals surface area contributed by atoms with Gasteiger partial charge in [-0.05, 0) is 18.4 Å². The molecule has 2 aliphatic rings. The van der Waals surface area contributed by atoms with E-state index < -0.39 is 11.6 Å². The van der Waals surface area contributed by atoms with E-state index in [0.29, 0.717) is 5.56 Å². The quantitative estimate of drug-likeness (QED) is 0.385. The molecule has 134 valence electrons. The Morgan fingerprint density at radius 3 is 2.33 bits per heavy atom. The number of ether oxygens (including phenoxy) is 1. The second-order valence-electron chi connectivity index (χ2n) is 7.77. The molecule has 0 bridgehead atoms. The molecule has 4 nitrogen and oxygen atoms in total. The van der Waals surface area contributed by atoms with Gasteiger partial charge < -0.3 is 38.3 Å². The van der Waals surface area contributed by atoms with Gasteiger partial charge in [0.25, 0.3) is 0 Å². The van der Waals surface area contributed by atoms with Gasteiger partial charge in [-0.2, -0.15) is 0 Å². The molecule has 2 fully saturated rings. The summed E-state index contributed by atoms with van der Waals surface area (Å²) in [4.78, 5) is 12.9. The van der Waals surface area contributed by atoms with E-state index in [2.05, 4.69) is 14.1 Å². The topological polar surface area (TPSA) is 46.5 Å². The lowest BCUT2D eigenvalue weighted by Gasteiger charge is -2.33. The van der Waals surface area contributed by atoms with Crippen LogP contribution in [0.15, 0.2) is 30.3 Å². The van der Waals surface area contributed by atoms with Crippen LogP contribution in [-0.4, -0.2) is 48.8 Å². The van der Waals surface area contributed by atoms with Crippen LogP contribution in [-0.2, 0) is 15.1 Å². The average Bonchev–Trinajstić information content (AvgIpc) is 3.17. The van der Waals surface area contributed by atoms with Crippen molar-refractivity contribution in [2.24, 2.45) is 5.92 Å². The van der Waals surface area contributed by atoms with E-state index in [1.54, 1.807) is 0 Å². The molecule has 1 aromatic carbocycles. The summed E-state index contributed by atoms with van der Waals surface area (Å²) >= 11 is 0. The fourth-order valence-electron chi connectivity index (χ4n) is 4.12. The predicted octanol–water partition coefficient (Wildman–Crippen LogP) is -0.540. The van der Waals surface area contributed by atoms with Gasteiger partial charge in [-0.25, -0.2) is 4.79 Å².